The van der Waals surface area contributed by atoms with E-state index in [9.17, 15) is 5.11 Å². The van der Waals surface area contributed by atoms with Crippen LogP contribution >= 0.6 is 0 Å². The summed E-state index contributed by atoms with van der Waals surface area (Å²) in [4.78, 5) is 4.84. The second kappa shape index (κ2) is 8.44. The third-order valence-electron chi connectivity index (χ3n) is 4.14. The second-order valence-electron chi connectivity index (χ2n) is 6.95. The van der Waals surface area contributed by atoms with E-state index in [-0.39, 0.29) is 6.29 Å². The van der Waals surface area contributed by atoms with Gasteiger partial charge in [0.15, 0.2) is 6.29 Å². The Balaban J connectivity index is 1.50. The van der Waals surface area contributed by atoms with Crippen molar-refractivity contribution in [3.05, 3.63) is 0 Å². The van der Waals surface area contributed by atoms with E-state index in [1.54, 1.807) is 0 Å². The Morgan fingerprint density at radius 3 is 2.48 bits per heavy atom. The van der Waals surface area contributed by atoms with Gasteiger partial charge in [0.2, 0.25) is 0 Å². The van der Waals surface area contributed by atoms with Crippen LogP contribution in [0.25, 0.3) is 0 Å². The molecule has 0 bridgehead atoms. The van der Waals surface area contributed by atoms with Crippen LogP contribution in [0, 0.1) is 0 Å². The predicted octanol–water partition coefficient (Wildman–Crippen LogP) is 1.31. The van der Waals surface area contributed by atoms with Crippen molar-refractivity contribution in [2.24, 2.45) is 0 Å². The van der Waals surface area contributed by atoms with Crippen molar-refractivity contribution in [1.29, 1.82) is 0 Å². The van der Waals surface area contributed by atoms with Crippen LogP contribution in [-0.2, 0) is 9.47 Å². The Bertz CT molecular complexity index is 280. The standard InChI is InChI=1S/C16H32N2O3/c1-16(2,19)14-18-10-8-17(9-11-18)7-5-13-21-15-6-3-4-12-20-15/h15,19H,3-14H2,1-2H3. The van der Waals surface area contributed by atoms with E-state index in [1.807, 2.05) is 13.8 Å². The Labute approximate surface area is 129 Å². The summed E-state index contributed by atoms with van der Waals surface area (Å²) in [5.74, 6) is 0. The Kier molecular flexibility index (Phi) is 6.89. The highest BCUT2D eigenvalue weighted by Gasteiger charge is 2.22. The minimum Gasteiger partial charge on any atom is -0.389 e. The first kappa shape index (κ1) is 17.2. The molecule has 21 heavy (non-hydrogen) atoms. The van der Waals surface area contributed by atoms with Gasteiger partial charge in [-0.25, -0.2) is 0 Å². The molecule has 0 aromatic heterocycles. The number of rotatable bonds is 7. The molecule has 2 aliphatic rings. The van der Waals surface area contributed by atoms with Gasteiger partial charge < -0.3 is 19.5 Å². The molecule has 0 amide bonds. The van der Waals surface area contributed by atoms with Crippen LogP contribution in [0.5, 0.6) is 0 Å². The molecular weight excluding hydrogens is 268 g/mol. The molecule has 2 saturated heterocycles. The monoisotopic (exact) mass is 300 g/mol. The smallest absolute Gasteiger partial charge is 0.157 e. The lowest BCUT2D eigenvalue weighted by Crippen LogP contribution is -2.50. The molecule has 0 aliphatic carbocycles. The van der Waals surface area contributed by atoms with Gasteiger partial charge in [-0.15, -0.1) is 0 Å². The highest BCUT2D eigenvalue weighted by molar-refractivity contribution is 4.77. The lowest BCUT2D eigenvalue weighted by Gasteiger charge is -2.37. The Hall–Kier alpha value is -0.200. The van der Waals surface area contributed by atoms with Crippen LogP contribution in [0.4, 0.5) is 0 Å². The maximum absolute atomic E-state index is 9.85. The summed E-state index contributed by atoms with van der Waals surface area (Å²) in [6.45, 7) is 11.6. The SMILES string of the molecule is CC(C)(O)CN1CCN(CCCOC2CCCCO2)CC1. The maximum atomic E-state index is 9.85. The summed E-state index contributed by atoms with van der Waals surface area (Å²) >= 11 is 0. The van der Waals surface area contributed by atoms with E-state index in [2.05, 4.69) is 9.80 Å². The molecule has 0 spiro atoms. The van der Waals surface area contributed by atoms with Crippen molar-refractivity contribution in [3.8, 4) is 0 Å². The van der Waals surface area contributed by atoms with Crippen molar-refractivity contribution < 1.29 is 14.6 Å². The lowest BCUT2D eigenvalue weighted by molar-refractivity contribution is -0.163. The van der Waals surface area contributed by atoms with Gasteiger partial charge in [-0.05, 0) is 39.5 Å². The van der Waals surface area contributed by atoms with Gasteiger partial charge in [-0.1, -0.05) is 0 Å². The molecule has 2 aliphatic heterocycles. The van der Waals surface area contributed by atoms with Crippen LogP contribution in [-0.4, -0.2) is 79.3 Å². The molecule has 124 valence electrons. The topological polar surface area (TPSA) is 45.2 Å². The first-order chi connectivity index (χ1) is 10.0. The Morgan fingerprint density at radius 1 is 1.14 bits per heavy atom. The molecule has 0 aromatic rings. The minimum atomic E-state index is -0.587. The van der Waals surface area contributed by atoms with Crippen molar-refractivity contribution in [1.82, 2.24) is 9.80 Å². The van der Waals surface area contributed by atoms with E-state index >= 15 is 0 Å². The van der Waals surface area contributed by atoms with Gasteiger partial charge in [0.1, 0.15) is 0 Å². The van der Waals surface area contributed by atoms with Crippen LogP contribution in [0.15, 0.2) is 0 Å². The molecule has 1 unspecified atom stereocenters. The molecule has 5 heteroatoms. The summed E-state index contributed by atoms with van der Waals surface area (Å²) in [5.41, 5.74) is -0.587. The highest BCUT2D eigenvalue weighted by Crippen LogP contribution is 2.14. The summed E-state index contributed by atoms with van der Waals surface area (Å²) < 4.78 is 11.3. The number of hydrogen-bond donors (Lipinski definition) is 1. The normalized spacial score (nSPS) is 26.1. The van der Waals surface area contributed by atoms with Crippen molar-refractivity contribution in [2.45, 2.75) is 51.4 Å². The molecule has 0 radical (unpaired) electrons. The van der Waals surface area contributed by atoms with Gasteiger partial charge in [-0.3, -0.25) is 4.90 Å². The van der Waals surface area contributed by atoms with E-state index in [1.165, 1.54) is 12.8 Å². The molecule has 2 heterocycles. The maximum Gasteiger partial charge on any atom is 0.157 e. The summed E-state index contributed by atoms with van der Waals surface area (Å²) in [6.07, 6.45) is 4.58. The molecule has 1 atom stereocenters. The number of nitrogens with zero attached hydrogens (tertiary/aromatic N) is 2. The van der Waals surface area contributed by atoms with Gasteiger partial charge in [0.25, 0.3) is 0 Å². The zero-order valence-electron chi connectivity index (χ0n) is 13.7. The molecule has 5 nitrogen and oxygen atoms in total. The largest absolute Gasteiger partial charge is 0.389 e. The first-order valence-corrected chi connectivity index (χ1v) is 8.43. The number of ether oxygens (including phenoxy) is 2. The molecule has 1 N–H and O–H groups in total. The summed E-state index contributed by atoms with van der Waals surface area (Å²) in [5, 5.41) is 9.85. The molecule has 0 aromatic carbocycles. The zero-order valence-corrected chi connectivity index (χ0v) is 13.7. The third kappa shape index (κ3) is 7.06. The number of β-amino-alcohol motifs (C(OH)–C–C–N with tert-alkyl or cyclic N) is 1. The van der Waals surface area contributed by atoms with E-state index in [0.717, 1.165) is 65.3 Å². The van der Waals surface area contributed by atoms with Crippen LogP contribution in [0.2, 0.25) is 0 Å². The van der Waals surface area contributed by atoms with E-state index in [4.69, 9.17) is 9.47 Å². The first-order valence-electron chi connectivity index (χ1n) is 8.43. The van der Waals surface area contributed by atoms with E-state index in [0.29, 0.717) is 0 Å². The minimum absolute atomic E-state index is 0.0439. The lowest BCUT2D eigenvalue weighted by atomic mass is 10.1. The number of piperazine rings is 1. The predicted molar refractivity (Wildman–Crippen MR) is 83.3 cm³/mol. The Morgan fingerprint density at radius 2 is 1.86 bits per heavy atom. The van der Waals surface area contributed by atoms with Gasteiger partial charge >= 0.3 is 0 Å². The fourth-order valence-electron chi connectivity index (χ4n) is 3.06. The zero-order chi connectivity index (χ0) is 15.1. The van der Waals surface area contributed by atoms with Gasteiger partial charge in [0, 0.05) is 45.9 Å². The van der Waals surface area contributed by atoms with Crippen LogP contribution in [0.3, 0.4) is 0 Å². The third-order valence-corrected chi connectivity index (χ3v) is 4.14. The molecule has 0 saturated carbocycles. The average Bonchev–Trinajstić information content (AvgIpc) is 2.45. The fourth-order valence-corrected chi connectivity index (χ4v) is 3.06. The fraction of sp³-hybridized carbons (Fsp3) is 1.00. The number of hydrogen-bond acceptors (Lipinski definition) is 5. The van der Waals surface area contributed by atoms with Crippen molar-refractivity contribution >= 4 is 0 Å². The number of aliphatic hydroxyl groups is 1. The van der Waals surface area contributed by atoms with Crippen LogP contribution < -0.4 is 0 Å². The molecule has 2 rings (SSSR count). The van der Waals surface area contributed by atoms with Crippen molar-refractivity contribution in [3.63, 3.8) is 0 Å². The summed E-state index contributed by atoms with van der Waals surface area (Å²) in [6, 6.07) is 0. The van der Waals surface area contributed by atoms with Crippen molar-refractivity contribution in [2.75, 3.05) is 52.5 Å². The highest BCUT2D eigenvalue weighted by atomic mass is 16.7. The van der Waals surface area contributed by atoms with Gasteiger partial charge in [-0.2, -0.15) is 0 Å². The summed E-state index contributed by atoms with van der Waals surface area (Å²) in [7, 11) is 0. The average molecular weight is 300 g/mol. The van der Waals surface area contributed by atoms with Crippen LogP contribution in [0.1, 0.15) is 39.5 Å². The van der Waals surface area contributed by atoms with Gasteiger partial charge in [0.05, 0.1) is 12.2 Å². The quantitative estimate of drug-likeness (QED) is 0.718. The molecular formula is C16H32N2O3. The second-order valence-corrected chi connectivity index (χ2v) is 6.95. The van der Waals surface area contributed by atoms with E-state index < -0.39 is 5.60 Å². The molecule has 2 fully saturated rings.